The standard InChI is InChI=1S/C18H29N3O3.HI/c1-3-19-18(20-10-5-6-11-22-4-2)21-15-8-9-16-17(14-15)24-13-7-12-23-16;/h8-9,14H,3-7,10-13H2,1-2H3,(H2,19,20,21);1H. The summed E-state index contributed by atoms with van der Waals surface area (Å²) in [4.78, 5) is 4.60. The number of ether oxygens (including phenoxy) is 3. The summed E-state index contributed by atoms with van der Waals surface area (Å²) in [5.41, 5.74) is 0.938. The summed E-state index contributed by atoms with van der Waals surface area (Å²) in [5.74, 6) is 2.37. The molecule has 1 aliphatic heterocycles. The van der Waals surface area contributed by atoms with E-state index in [1.165, 1.54) is 0 Å². The van der Waals surface area contributed by atoms with Gasteiger partial charge in [-0.2, -0.15) is 0 Å². The molecule has 0 radical (unpaired) electrons. The fourth-order valence-corrected chi connectivity index (χ4v) is 2.34. The predicted octanol–water partition coefficient (Wildman–Crippen LogP) is 3.66. The number of halogens is 1. The summed E-state index contributed by atoms with van der Waals surface area (Å²) < 4.78 is 16.7. The zero-order chi connectivity index (χ0) is 17.0. The summed E-state index contributed by atoms with van der Waals surface area (Å²) in [6.45, 7) is 8.62. The second-order valence-corrected chi connectivity index (χ2v) is 5.50. The number of hydrogen-bond acceptors (Lipinski definition) is 4. The molecule has 0 fully saturated rings. The maximum Gasteiger partial charge on any atom is 0.195 e. The van der Waals surface area contributed by atoms with Crippen molar-refractivity contribution in [1.29, 1.82) is 0 Å². The lowest BCUT2D eigenvalue weighted by Crippen LogP contribution is -2.30. The average Bonchev–Trinajstić information content (AvgIpc) is 2.83. The van der Waals surface area contributed by atoms with Crippen molar-refractivity contribution in [1.82, 2.24) is 5.32 Å². The molecule has 1 aromatic carbocycles. The van der Waals surface area contributed by atoms with Crippen molar-refractivity contribution in [3.63, 3.8) is 0 Å². The molecule has 2 rings (SSSR count). The zero-order valence-electron chi connectivity index (χ0n) is 15.2. The maximum absolute atomic E-state index is 5.73. The van der Waals surface area contributed by atoms with E-state index in [0.717, 1.165) is 68.7 Å². The van der Waals surface area contributed by atoms with E-state index in [2.05, 4.69) is 22.5 Å². The lowest BCUT2D eigenvalue weighted by molar-refractivity contribution is 0.144. The third-order valence-corrected chi connectivity index (χ3v) is 3.53. The molecule has 0 spiro atoms. The van der Waals surface area contributed by atoms with Crippen LogP contribution in [0.25, 0.3) is 0 Å². The van der Waals surface area contributed by atoms with Gasteiger partial charge in [0.05, 0.1) is 13.2 Å². The topological polar surface area (TPSA) is 64.1 Å². The van der Waals surface area contributed by atoms with Crippen LogP contribution < -0.4 is 20.1 Å². The fourth-order valence-electron chi connectivity index (χ4n) is 2.34. The largest absolute Gasteiger partial charge is 0.490 e. The van der Waals surface area contributed by atoms with Gasteiger partial charge in [-0.25, -0.2) is 0 Å². The number of hydrogen-bond donors (Lipinski definition) is 2. The molecule has 25 heavy (non-hydrogen) atoms. The minimum atomic E-state index is 0. The minimum Gasteiger partial charge on any atom is -0.490 e. The molecule has 1 heterocycles. The first kappa shape index (κ1) is 21.8. The van der Waals surface area contributed by atoms with Crippen LogP contribution in [0.5, 0.6) is 11.5 Å². The van der Waals surface area contributed by atoms with Crippen LogP contribution >= 0.6 is 24.0 Å². The SMILES string of the molecule is CCNC(=NCCCCOCC)Nc1ccc2c(c1)OCCCO2.I. The van der Waals surface area contributed by atoms with Gasteiger partial charge in [0.1, 0.15) is 0 Å². The molecule has 0 unspecified atom stereocenters. The highest BCUT2D eigenvalue weighted by molar-refractivity contribution is 14.0. The van der Waals surface area contributed by atoms with E-state index < -0.39 is 0 Å². The van der Waals surface area contributed by atoms with Crippen molar-refractivity contribution in [3.05, 3.63) is 18.2 Å². The predicted molar refractivity (Wildman–Crippen MR) is 113 cm³/mol. The van der Waals surface area contributed by atoms with Crippen LogP contribution in [0.3, 0.4) is 0 Å². The maximum atomic E-state index is 5.73. The smallest absolute Gasteiger partial charge is 0.195 e. The van der Waals surface area contributed by atoms with E-state index in [-0.39, 0.29) is 24.0 Å². The Balaban J connectivity index is 0.00000312. The fraction of sp³-hybridized carbons (Fsp3) is 0.611. The molecule has 2 N–H and O–H groups in total. The van der Waals surface area contributed by atoms with E-state index in [1.807, 2.05) is 25.1 Å². The first-order valence-electron chi connectivity index (χ1n) is 8.86. The number of aliphatic imine (C=N–C) groups is 1. The number of anilines is 1. The average molecular weight is 463 g/mol. The molecular formula is C18H30IN3O3. The quantitative estimate of drug-likeness (QED) is 0.267. The number of fused-ring (bicyclic) bond motifs is 1. The molecule has 1 aliphatic rings. The van der Waals surface area contributed by atoms with Gasteiger partial charge in [-0.15, -0.1) is 24.0 Å². The summed E-state index contributed by atoms with van der Waals surface area (Å²) in [6, 6.07) is 5.88. The van der Waals surface area contributed by atoms with Crippen molar-refractivity contribution < 1.29 is 14.2 Å². The Kier molecular flexibility index (Phi) is 11.4. The van der Waals surface area contributed by atoms with Gasteiger partial charge in [-0.05, 0) is 38.8 Å². The summed E-state index contributed by atoms with van der Waals surface area (Å²) in [6.07, 6.45) is 2.95. The molecule has 0 amide bonds. The number of unbranched alkanes of at least 4 members (excludes halogenated alkanes) is 1. The monoisotopic (exact) mass is 463 g/mol. The molecule has 0 bridgehead atoms. The first-order valence-corrected chi connectivity index (χ1v) is 8.86. The van der Waals surface area contributed by atoms with Gasteiger partial charge >= 0.3 is 0 Å². The van der Waals surface area contributed by atoms with Crippen molar-refractivity contribution >= 4 is 35.6 Å². The van der Waals surface area contributed by atoms with Crippen LogP contribution in [0.15, 0.2) is 23.2 Å². The molecule has 6 nitrogen and oxygen atoms in total. The van der Waals surface area contributed by atoms with E-state index in [4.69, 9.17) is 14.2 Å². The Bertz CT molecular complexity index is 526. The number of nitrogens with zero attached hydrogens (tertiary/aromatic N) is 1. The van der Waals surface area contributed by atoms with E-state index in [9.17, 15) is 0 Å². The molecule has 0 atom stereocenters. The lowest BCUT2D eigenvalue weighted by atomic mass is 10.2. The lowest BCUT2D eigenvalue weighted by Gasteiger charge is -2.13. The summed E-state index contributed by atoms with van der Waals surface area (Å²) in [7, 11) is 0. The van der Waals surface area contributed by atoms with Gasteiger partial charge in [-0.1, -0.05) is 0 Å². The number of guanidine groups is 1. The highest BCUT2D eigenvalue weighted by Crippen LogP contribution is 2.32. The van der Waals surface area contributed by atoms with Crippen molar-refractivity contribution in [2.24, 2.45) is 4.99 Å². The van der Waals surface area contributed by atoms with Gasteiger partial charge < -0.3 is 24.8 Å². The van der Waals surface area contributed by atoms with E-state index in [0.29, 0.717) is 13.2 Å². The number of nitrogens with one attached hydrogen (secondary N) is 2. The van der Waals surface area contributed by atoms with Crippen LogP contribution in [0.1, 0.15) is 33.1 Å². The highest BCUT2D eigenvalue weighted by atomic mass is 127. The normalized spacial score (nSPS) is 13.6. The number of benzene rings is 1. The van der Waals surface area contributed by atoms with Crippen molar-refractivity contribution in [3.8, 4) is 11.5 Å². The Morgan fingerprint density at radius 3 is 2.72 bits per heavy atom. The molecule has 0 saturated heterocycles. The third-order valence-electron chi connectivity index (χ3n) is 3.53. The molecule has 1 aromatic rings. The Hall–Kier alpha value is -1.22. The number of rotatable bonds is 8. The molecule has 142 valence electrons. The Labute approximate surface area is 167 Å². The van der Waals surface area contributed by atoms with Gasteiger partial charge in [0.2, 0.25) is 0 Å². The highest BCUT2D eigenvalue weighted by Gasteiger charge is 2.11. The first-order chi connectivity index (χ1) is 11.8. The molecule has 0 saturated carbocycles. The Morgan fingerprint density at radius 1 is 1.16 bits per heavy atom. The van der Waals surface area contributed by atoms with Crippen molar-refractivity contribution in [2.75, 3.05) is 44.8 Å². The minimum absolute atomic E-state index is 0. The van der Waals surface area contributed by atoms with Gasteiger partial charge in [0.15, 0.2) is 17.5 Å². The van der Waals surface area contributed by atoms with Gasteiger partial charge in [0.25, 0.3) is 0 Å². The van der Waals surface area contributed by atoms with Gasteiger partial charge in [0, 0.05) is 44.5 Å². The molecule has 0 aromatic heterocycles. The van der Waals surface area contributed by atoms with Crippen LogP contribution in [0, 0.1) is 0 Å². The van der Waals surface area contributed by atoms with E-state index >= 15 is 0 Å². The second-order valence-electron chi connectivity index (χ2n) is 5.50. The van der Waals surface area contributed by atoms with Crippen LogP contribution in [-0.4, -0.2) is 45.5 Å². The molecular weight excluding hydrogens is 433 g/mol. The van der Waals surface area contributed by atoms with Crippen molar-refractivity contribution in [2.45, 2.75) is 33.1 Å². The van der Waals surface area contributed by atoms with E-state index in [1.54, 1.807) is 0 Å². The third kappa shape index (κ3) is 8.13. The van der Waals surface area contributed by atoms with Crippen LogP contribution in [0.2, 0.25) is 0 Å². The summed E-state index contributed by atoms with van der Waals surface area (Å²) in [5, 5.41) is 6.59. The van der Waals surface area contributed by atoms with Crippen LogP contribution in [0.4, 0.5) is 5.69 Å². The zero-order valence-corrected chi connectivity index (χ0v) is 17.5. The summed E-state index contributed by atoms with van der Waals surface area (Å²) >= 11 is 0. The molecule has 0 aliphatic carbocycles. The Morgan fingerprint density at radius 2 is 1.96 bits per heavy atom. The molecule has 7 heteroatoms. The van der Waals surface area contributed by atoms with Gasteiger partial charge in [-0.3, -0.25) is 4.99 Å². The van der Waals surface area contributed by atoms with Crippen LogP contribution in [-0.2, 0) is 4.74 Å². The second kappa shape index (κ2) is 13.0.